The number of hydrogen-bond acceptors (Lipinski definition) is 6. The highest BCUT2D eigenvalue weighted by molar-refractivity contribution is 7.99. The molecule has 186 valence electrons. The molecule has 2 aromatic carbocycles. The lowest BCUT2D eigenvalue weighted by Crippen LogP contribution is -2.54. The molecule has 9 heteroatoms. The Morgan fingerprint density at radius 2 is 1.69 bits per heavy atom. The lowest BCUT2D eigenvalue weighted by molar-refractivity contribution is -0.149. The fraction of sp³-hybridized carbons (Fsp3) is 0.423. The molecule has 8 nitrogen and oxygen atoms in total. The van der Waals surface area contributed by atoms with Crippen LogP contribution in [-0.2, 0) is 19.1 Å². The van der Waals surface area contributed by atoms with E-state index in [4.69, 9.17) is 9.47 Å². The highest BCUT2D eigenvalue weighted by atomic mass is 32.2. The summed E-state index contributed by atoms with van der Waals surface area (Å²) in [6.07, 6.45) is -0.749. The number of benzene rings is 2. The van der Waals surface area contributed by atoms with Crippen molar-refractivity contribution in [1.82, 2.24) is 10.2 Å². The normalized spacial score (nSPS) is 18.0. The molecule has 35 heavy (non-hydrogen) atoms. The first-order valence-corrected chi connectivity index (χ1v) is 12.7. The Balaban J connectivity index is 1.45. The third-order valence-electron chi connectivity index (χ3n) is 6.07. The van der Waals surface area contributed by atoms with E-state index in [-0.39, 0.29) is 25.0 Å². The Morgan fingerprint density at radius 1 is 1.09 bits per heavy atom. The van der Waals surface area contributed by atoms with E-state index < -0.39 is 35.7 Å². The van der Waals surface area contributed by atoms with E-state index in [2.05, 4.69) is 17.4 Å². The van der Waals surface area contributed by atoms with Gasteiger partial charge in [0.15, 0.2) is 0 Å². The number of carbonyl (C=O) groups is 3. The topological polar surface area (TPSA) is 105 Å². The summed E-state index contributed by atoms with van der Waals surface area (Å²) in [6, 6.07) is 14.1. The van der Waals surface area contributed by atoms with Gasteiger partial charge in [0.05, 0.1) is 18.1 Å². The zero-order valence-electron chi connectivity index (χ0n) is 20.0. The van der Waals surface area contributed by atoms with Crippen molar-refractivity contribution in [2.45, 2.75) is 44.4 Å². The van der Waals surface area contributed by atoms with Crippen molar-refractivity contribution < 1.29 is 29.0 Å². The van der Waals surface area contributed by atoms with Crippen molar-refractivity contribution in [2.24, 2.45) is 0 Å². The third kappa shape index (κ3) is 5.62. The standard InChI is InChI=1S/C26H30N2O6S/c1-26(2,3)34-13-21(23(29)28-15-35-14-22(28)24(30)31)27-25(32)33-12-20-18-10-6-4-8-16(18)17-9-5-7-11-19(17)20/h4-11,20-22H,12-15H2,1-3H3,(H,27,32)(H,30,31)/t21-,22-/m0/s1. The largest absolute Gasteiger partial charge is 0.480 e. The Kier molecular flexibility index (Phi) is 7.37. The van der Waals surface area contributed by atoms with Gasteiger partial charge in [-0.2, -0.15) is 0 Å². The number of amides is 2. The van der Waals surface area contributed by atoms with Crippen LogP contribution in [0.4, 0.5) is 4.79 Å². The maximum absolute atomic E-state index is 13.2. The van der Waals surface area contributed by atoms with Gasteiger partial charge in [-0.1, -0.05) is 48.5 Å². The number of carbonyl (C=O) groups excluding carboxylic acids is 2. The number of thioether (sulfide) groups is 1. The molecule has 2 aromatic rings. The van der Waals surface area contributed by atoms with Crippen molar-refractivity contribution in [2.75, 3.05) is 24.8 Å². The van der Waals surface area contributed by atoms with Gasteiger partial charge in [0, 0.05) is 11.7 Å². The quantitative estimate of drug-likeness (QED) is 0.600. The van der Waals surface area contributed by atoms with Gasteiger partial charge in [0.1, 0.15) is 18.7 Å². The maximum Gasteiger partial charge on any atom is 0.407 e. The first-order valence-electron chi connectivity index (χ1n) is 11.5. The molecular weight excluding hydrogens is 468 g/mol. The summed E-state index contributed by atoms with van der Waals surface area (Å²) in [5.41, 5.74) is 3.87. The molecule has 1 heterocycles. The van der Waals surface area contributed by atoms with Crippen LogP contribution in [0, 0.1) is 0 Å². The SMILES string of the molecule is CC(C)(C)OC[C@H](NC(=O)OCC1c2ccccc2-c2ccccc21)C(=O)N1CSC[C@H]1C(=O)O. The average Bonchev–Trinajstić information content (AvgIpc) is 3.43. The molecule has 2 N–H and O–H groups in total. The number of carboxylic acids is 1. The van der Waals surface area contributed by atoms with Crippen LogP contribution in [0.15, 0.2) is 48.5 Å². The molecule has 0 spiro atoms. The molecule has 4 rings (SSSR count). The number of hydrogen-bond donors (Lipinski definition) is 2. The smallest absolute Gasteiger partial charge is 0.407 e. The highest BCUT2D eigenvalue weighted by Crippen LogP contribution is 2.44. The predicted octanol–water partition coefficient (Wildman–Crippen LogP) is 3.69. The highest BCUT2D eigenvalue weighted by Gasteiger charge is 2.39. The van der Waals surface area contributed by atoms with Gasteiger partial charge in [-0.3, -0.25) is 4.79 Å². The van der Waals surface area contributed by atoms with Crippen molar-refractivity contribution in [3.05, 3.63) is 59.7 Å². The summed E-state index contributed by atoms with van der Waals surface area (Å²) in [4.78, 5) is 38.9. The van der Waals surface area contributed by atoms with Crippen molar-refractivity contribution >= 4 is 29.7 Å². The molecule has 2 atom stereocenters. The van der Waals surface area contributed by atoms with E-state index in [1.54, 1.807) is 0 Å². The summed E-state index contributed by atoms with van der Waals surface area (Å²) in [5, 5.41) is 12.1. The monoisotopic (exact) mass is 498 g/mol. The summed E-state index contributed by atoms with van der Waals surface area (Å²) in [5.74, 6) is -1.13. The van der Waals surface area contributed by atoms with E-state index in [9.17, 15) is 19.5 Å². The molecule has 0 unspecified atom stereocenters. The average molecular weight is 499 g/mol. The second-order valence-corrected chi connectivity index (χ2v) is 10.6. The first-order chi connectivity index (χ1) is 16.7. The van der Waals surface area contributed by atoms with Crippen LogP contribution in [0.2, 0.25) is 0 Å². The van der Waals surface area contributed by atoms with Crippen molar-refractivity contribution in [3.63, 3.8) is 0 Å². The van der Waals surface area contributed by atoms with Crippen LogP contribution in [0.25, 0.3) is 11.1 Å². The predicted molar refractivity (Wildman–Crippen MR) is 133 cm³/mol. The molecule has 2 aliphatic rings. The fourth-order valence-electron chi connectivity index (χ4n) is 4.35. The molecule has 0 aromatic heterocycles. The van der Waals surface area contributed by atoms with Crippen LogP contribution < -0.4 is 5.32 Å². The van der Waals surface area contributed by atoms with Gasteiger partial charge in [-0.15, -0.1) is 11.8 Å². The van der Waals surface area contributed by atoms with E-state index in [0.29, 0.717) is 5.75 Å². The van der Waals surface area contributed by atoms with Gasteiger partial charge in [-0.25, -0.2) is 9.59 Å². The van der Waals surface area contributed by atoms with Gasteiger partial charge < -0.3 is 24.8 Å². The molecule has 1 aliphatic carbocycles. The van der Waals surface area contributed by atoms with E-state index in [0.717, 1.165) is 22.3 Å². The zero-order valence-corrected chi connectivity index (χ0v) is 20.8. The number of aliphatic carboxylic acids is 1. The molecule has 0 saturated carbocycles. The molecule has 0 radical (unpaired) electrons. The van der Waals surface area contributed by atoms with Crippen molar-refractivity contribution in [3.8, 4) is 11.1 Å². The van der Waals surface area contributed by atoms with Gasteiger partial charge >= 0.3 is 12.1 Å². The van der Waals surface area contributed by atoms with Gasteiger partial charge in [-0.05, 0) is 43.0 Å². The maximum atomic E-state index is 13.2. The number of nitrogens with one attached hydrogen (secondary N) is 1. The number of alkyl carbamates (subject to hydrolysis) is 1. The first kappa shape index (κ1) is 25.1. The summed E-state index contributed by atoms with van der Waals surface area (Å²) < 4.78 is 11.4. The minimum Gasteiger partial charge on any atom is -0.480 e. The number of carboxylic acid groups (broad SMARTS) is 1. The number of ether oxygens (including phenoxy) is 2. The van der Waals surface area contributed by atoms with E-state index >= 15 is 0 Å². The van der Waals surface area contributed by atoms with E-state index in [1.807, 2.05) is 57.2 Å². The summed E-state index contributed by atoms with van der Waals surface area (Å²) in [7, 11) is 0. The molecule has 1 aliphatic heterocycles. The third-order valence-corrected chi connectivity index (χ3v) is 7.08. The molecule has 0 bridgehead atoms. The fourth-order valence-corrected chi connectivity index (χ4v) is 5.51. The van der Waals surface area contributed by atoms with Crippen LogP contribution in [0.5, 0.6) is 0 Å². The van der Waals surface area contributed by atoms with Crippen LogP contribution >= 0.6 is 11.8 Å². The summed E-state index contributed by atoms with van der Waals surface area (Å²) in [6.45, 7) is 5.53. The Hall–Kier alpha value is -3.04. The second-order valence-electron chi connectivity index (χ2n) is 9.61. The zero-order chi connectivity index (χ0) is 25.2. The Bertz CT molecular complexity index is 1070. The van der Waals surface area contributed by atoms with Crippen LogP contribution in [-0.4, -0.2) is 70.5 Å². The van der Waals surface area contributed by atoms with Crippen LogP contribution in [0.3, 0.4) is 0 Å². The minimum atomic E-state index is -1.07. The number of rotatable bonds is 7. The summed E-state index contributed by atoms with van der Waals surface area (Å²) >= 11 is 1.36. The van der Waals surface area contributed by atoms with Gasteiger partial charge in [0.25, 0.3) is 0 Å². The van der Waals surface area contributed by atoms with Crippen molar-refractivity contribution in [1.29, 1.82) is 0 Å². The van der Waals surface area contributed by atoms with Crippen LogP contribution in [0.1, 0.15) is 37.8 Å². The number of fused-ring (bicyclic) bond motifs is 3. The van der Waals surface area contributed by atoms with Gasteiger partial charge in [0.2, 0.25) is 5.91 Å². The lowest BCUT2D eigenvalue weighted by atomic mass is 9.98. The second kappa shape index (κ2) is 10.3. The molecule has 1 fully saturated rings. The number of nitrogens with zero attached hydrogens (tertiary/aromatic N) is 1. The Labute approximate surface area is 209 Å². The molecular formula is C26H30N2O6S. The molecule has 1 saturated heterocycles. The lowest BCUT2D eigenvalue weighted by Gasteiger charge is -2.29. The Morgan fingerprint density at radius 3 is 2.26 bits per heavy atom. The van der Waals surface area contributed by atoms with E-state index in [1.165, 1.54) is 16.7 Å². The molecule has 2 amide bonds. The minimum absolute atomic E-state index is 0.0972.